The Labute approximate surface area is 133 Å². The molecule has 0 aliphatic rings. The number of rotatable bonds is 7. The number of carboxylic acid groups (broad SMARTS) is 1. The van der Waals surface area contributed by atoms with Gasteiger partial charge in [0.05, 0.1) is 16.4 Å². The third kappa shape index (κ3) is 5.29. The zero-order chi connectivity index (χ0) is 17.8. The van der Waals surface area contributed by atoms with Crippen molar-refractivity contribution >= 4 is 21.9 Å². The van der Waals surface area contributed by atoms with E-state index in [0.29, 0.717) is 0 Å². The maximum atomic E-state index is 12.8. The maximum Gasteiger partial charge on any atom is 0.310 e. The highest BCUT2D eigenvalue weighted by Gasteiger charge is 2.29. The summed E-state index contributed by atoms with van der Waals surface area (Å²) < 4.78 is 39.1. The lowest BCUT2D eigenvalue weighted by atomic mass is 9.94. The topological polar surface area (TPSA) is 113 Å². The predicted octanol–water partition coefficient (Wildman–Crippen LogP) is 0.719. The largest absolute Gasteiger partial charge is 0.481 e. The van der Waals surface area contributed by atoms with Crippen molar-refractivity contribution in [2.75, 3.05) is 6.54 Å². The molecule has 0 unspecified atom stereocenters. The normalized spacial score (nSPS) is 13.4. The zero-order valence-electron chi connectivity index (χ0n) is 13.0. The second-order valence-electron chi connectivity index (χ2n) is 5.70. The molecule has 1 rings (SSSR count). The van der Waals surface area contributed by atoms with Crippen LogP contribution in [-0.4, -0.2) is 38.0 Å². The van der Waals surface area contributed by atoms with Gasteiger partial charge < -0.3 is 10.4 Å². The molecule has 1 atom stereocenters. The minimum Gasteiger partial charge on any atom is -0.481 e. The first-order valence-corrected chi connectivity index (χ1v) is 8.23. The van der Waals surface area contributed by atoms with E-state index in [2.05, 4.69) is 10.0 Å². The Morgan fingerprint density at radius 2 is 1.78 bits per heavy atom. The number of carbonyl (C=O) groups is 2. The van der Waals surface area contributed by atoms with Gasteiger partial charge in [-0.15, -0.1) is 0 Å². The summed E-state index contributed by atoms with van der Waals surface area (Å²) in [6.07, 6.45) is 0. The molecule has 0 aliphatic carbocycles. The van der Waals surface area contributed by atoms with Gasteiger partial charge >= 0.3 is 5.97 Å². The number of carboxylic acids is 1. The minimum atomic E-state index is -3.99. The Balaban J connectivity index is 2.71. The lowest BCUT2D eigenvalue weighted by Crippen LogP contribution is -2.48. The van der Waals surface area contributed by atoms with Crippen molar-refractivity contribution in [3.63, 3.8) is 0 Å². The number of halogens is 1. The third-order valence-electron chi connectivity index (χ3n) is 3.13. The lowest BCUT2D eigenvalue weighted by Gasteiger charge is -2.21. The summed E-state index contributed by atoms with van der Waals surface area (Å²) >= 11 is 0. The summed E-state index contributed by atoms with van der Waals surface area (Å²) in [7, 11) is -3.99. The molecule has 0 heterocycles. The Morgan fingerprint density at radius 1 is 1.26 bits per heavy atom. The molecule has 0 fully saturated rings. The number of carbonyl (C=O) groups excluding carboxylic acids is 1. The number of benzene rings is 1. The molecule has 7 nitrogen and oxygen atoms in total. The van der Waals surface area contributed by atoms with Gasteiger partial charge in [0.2, 0.25) is 15.9 Å². The van der Waals surface area contributed by atoms with Crippen LogP contribution in [0.4, 0.5) is 4.39 Å². The molecule has 0 spiro atoms. The van der Waals surface area contributed by atoms with E-state index in [9.17, 15) is 22.4 Å². The molecule has 23 heavy (non-hydrogen) atoms. The van der Waals surface area contributed by atoms with Gasteiger partial charge in [-0.25, -0.2) is 12.8 Å². The standard InChI is InChI=1S/C14H19FN2O5S/c1-9(12(18)16-8-14(2,3)13(19)20)17-23(21,22)11-6-4-10(15)5-7-11/h4-7,9,17H,8H2,1-3H3,(H,16,18)(H,19,20)/t9-/m0/s1. The van der Waals surface area contributed by atoms with Gasteiger partial charge in [-0.3, -0.25) is 9.59 Å². The second-order valence-corrected chi connectivity index (χ2v) is 7.42. The average molecular weight is 346 g/mol. The first kappa shape index (κ1) is 19.0. The van der Waals surface area contributed by atoms with E-state index >= 15 is 0 Å². The van der Waals surface area contributed by atoms with Crippen molar-refractivity contribution in [1.82, 2.24) is 10.0 Å². The van der Waals surface area contributed by atoms with Crippen molar-refractivity contribution < 1.29 is 27.5 Å². The Bertz CT molecular complexity index is 686. The fourth-order valence-electron chi connectivity index (χ4n) is 1.50. The van der Waals surface area contributed by atoms with Gasteiger partial charge in [0.25, 0.3) is 0 Å². The van der Waals surface area contributed by atoms with E-state index in [1.165, 1.54) is 20.8 Å². The molecule has 0 bridgehead atoms. The maximum absolute atomic E-state index is 12.8. The molecule has 3 N–H and O–H groups in total. The van der Waals surface area contributed by atoms with Crippen molar-refractivity contribution in [3.05, 3.63) is 30.1 Å². The van der Waals surface area contributed by atoms with Gasteiger partial charge in [0.1, 0.15) is 5.82 Å². The summed E-state index contributed by atoms with van der Waals surface area (Å²) in [5.74, 6) is -2.33. The molecule has 0 aliphatic heterocycles. The average Bonchev–Trinajstić information content (AvgIpc) is 2.44. The number of sulfonamides is 1. The zero-order valence-corrected chi connectivity index (χ0v) is 13.8. The number of nitrogens with one attached hydrogen (secondary N) is 2. The molecular formula is C14H19FN2O5S. The number of hydrogen-bond donors (Lipinski definition) is 3. The van der Waals surface area contributed by atoms with Crippen LogP contribution in [-0.2, 0) is 19.6 Å². The fraction of sp³-hybridized carbons (Fsp3) is 0.429. The van der Waals surface area contributed by atoms with Gasteiger partial charge in [0.15, 0.2) is 0 Å². The molecule has 0 radical (unpaired) electrons. The van der Waals surface area contributed by atoms with Crippen molar-refractivity contribution in [1.29, 1.82) is 0 Å². The first-order valence-electron chi connectivity index (χ1n) is 6.75. The predicted molar refractivity (Wildman–Crippen MR) is 80.6 cm³/mol. The van der Waals surface area contributed by atoms with Crippen molar-refractivity contribution in [2.24, 2.45) is 5.41 Å². The SMILES string of the molecule is C[C@H](NS(=O)(=O)c1ccc(F)cc1)C(=O)NCC(C)(C)C(=O)O. The first-order chi connectivity index (χ1) is 10.5. The second kappa shape index (κ2) is 7.05. The van der Waals surface area contributed by atoms with Crippen LogP contribution in [0.1, 0.15) is 20.8 Å². The van der Waals surface area contributed by atoms with Crippen LogP contribution in [0.5, 0.6) is 0 Å². The van der Waals surface area contributed by atoms with Crippen LogP contribution < -0.4 is 10.0 Å². The Kier molecular flexibility index (Phi) is 5.84. The third-order valence-corrected chi connectivity index (χ3v) is 4.69. The summed E-state index contributed by atoms with van der Waals surface area (Å²) in [6, 6.07) is 3.03. The number of aliphatic carboxylic acids is 1. The quantitative estimate of drug-likeness (QED) is 0.673. The van der Waals surface area contributed by atoms with Crippen LogP contribution in [0.25, 0.3) is 0 Å². The van der Waals surface area contributed by atoms with Crippen molar-refractivity contribution in [2.45, 2.75) is 31.7 Å². The molecule has 9 heteroatoms. The van der Waals surface area contributed by atoms with E-state index in [4.69, 9.17) is 5.11 Å². The molecule has 0 aromatic heterocycles. The summed E-state index contributed by atoms with van der Waals surface area (Å²) in [4.78, 5) is 22.7. The summed E-state index contributed by atoms with van der Waals surface area (Å²) in [5, 5.41) is 11.3. The molecule has 0 saturated carbocycles. The van der Waals surface area contributed by atoms with E-state index < -0.39 is 39.2 Å². The minimum absolute atomic E-state index is 0.149. The van der Waals surface area contributed by atoms with Crippen LogP contribution in [0.15, 0.2) is 29.2 Å². The molecule has 0 saturated heterocycles. The Morgan fingerprint density at radius 3 is 2.26 bits per heavy atom. The summed E-state index contributed by atoms with van der Waals surface area (Å²) in [6.45, 7) is 4.04. The highest BCUT2D eigenvalue weighted by molar-refractivity contribution is 7.89. The van der Waals surface area contributed by atoms with E-state index in [-0.39, 0.29) is 11.4 Å². The smallest absolute Gasteiger partial charge is 0.310 e. The monoisotopic (exact) mass is 346 g/mol. The number of amides is 1. The van der Waals surface area contributed by atoms with Gasteiger partial charge in [0, 0.05) is 6.54 Å². The van der Waals surface area contributed by atoms with E-state index in [1.807, 2.05) is 0 Å². The molecule has 1 aromatic rings. The number of hydrogen-bond acceptors (Lipinski definition) is 4. The van der Waals surface area contributed by atoms with Crippen molar-refractivity contribution in [3.8, 4) is 0 Å². The lowest BCUT2D eigenvalue weighted by molar-refractivity contribution is -0.146. The van der Waals surface area contributed by atoms with Gasteiger partial charge in [-0.2, -0.15) is 4.72 Å². The molecular weight excluding hydrogens is 327 g/mol. The molecule has 128 valence electrons. The van der Waals surface area contributed by atoms with Gasteiger partial charge in [-0.1, -0.05) is 0 Å². The molecule has 1 aromatic carbocycles. The van der Waals surface area contributed by atoms with Crippen LogP contribution >= 0.6 is 0 Å². The van der Waals surface area contributed by atoms with Crippen LogP contribution in [0, 0.1) is 11.2 Å². The fourth-order valence-corrected chi connectivity index (χ4v) is 2.71. The van der Waals surface area contributed by atoms with Crippen LogP contribution in [0.2, 0.25) is 0 Å². The summed E-state index contributed by atoms with van der Waals surface area (Å²) in [5.41, 5.74) is -1.18. The highest BCUT2D eigenvalue weighted by atomic mass is 32.2. The van der Waals surface area contributed by atoms with Crippen LogP contribution in [0.3, 0.4) is 0 Å². The van der Waals surface area contributed by atoms with E-state index in [1.54, 1.807) is 0 Å². The van der Waals surface area contributed by atoms with E-state index in [0.717, 1.165) is 24.3 Å². The Hall–Kier alpha value is -2.00. The highest BCUT2D eigenvalue weighted by Crippen LogP contribution is 2.13. The molecule has 1 amide bonds. The van der Waals surface area contributed by atoms with Gasteiger partial charge in [-0.05, 0) is 45.0 Å².